The van der Waals surface area contributed by atoms with Crippen LogP contribution in [0.25, 0.3) is 17.8 Å². The number of fused-ring (bicyclic) bond motifs is 1. The van der Waals surface area contributed by atoms with Gasteiger partial charge in [-0.25, -0.2) is 4.98 Å². The molecule has 2 aromatic carbocycles. The van der Waals surface area contributed by atoms with E-state index in [-0.39, 0.29) is 0 Å². The third kappa shape index (κ3) is 3.52. The highest BCUT2D eigenvalue weighted by atomic mass is 15.1. The number of nitrogens with one attached hydrogen (secondary N) is 1. The summed E-state index contributed by atoms with van der Waals surface area (Å²) in [5, 5.41) is 3.56. The number of nitrogens with zero attached hydrogens (tertiary/aromatic N) is 2. The molecule has 2 heterocycles. The first-order chi connectivity index (χ1) is 12.8. The first-order valence-electron chi connectivity index (χ1n) is 8.79. The van der Waals surface area contributed by atoms with Gasteiger partial charge in [-0.1, -0.05) is 66.7 Å². The van der Waals surface area contributed by atoms with E-state index in [0.29, 0.717) is 0 Å². The summed E-state index contributed by atoms with van der Waals surface area (Å²) in [6.07, 6.45) is 6.25. The van der Waals surface area contributed by atoms with Gasteiger partial charge in [0.2, 0.25) is 0 Å². The number of benzene rings is 2. The van der Waals surface area contributed by atoms with Crippen LogP contribution in [0.4, 0.5) is 5.82 Å². The predicted molar refractivity (Wildman–Crippen MR) is 109 cm³/mol. The lowest BCUT2D eigenvalue weighted by Gasteiger charge is -2.08. The summed E-state index contributed by atoms with van der Waals surface area (Å²) in [4.78, 5) is 4.81. The molecule has 0 atom stereocenters. The maximum atomic E-state index is 4.81. The third-order valence-corrected chi connectivity index (χ3v) is 4.34. The minimum absolute atomic E-state index is 0.759. The second kappa shape index (κ2) is 7.28. The molecule has 0 radical (unpaired) electrons. The Kier molecular flexibility index (Phi) is 4.52. The Balaban J connectivity index is 1.69. The summed E-state index contributed by atoms with van der Waals surface area (Å²) in [5.41, 5.74) is 5.50. The van der Waals surface area contributed by atoms with E-state index in [4.69, 9.17) is 4.98 Å². The number of hydrogen-bond donors (Lipinski definition) is 1. The molecule has 4 rings (SSSR count). The Hall–Kier alpha value is -3.33. The van der Waals surface area contributed by atoms with Crippen LogP contribution in [0.15, 0.2) is 79.0 Å². The van der Waals surface area contributed by atoms with Crippen LogP contribution in [0.3, 0.4) is 0 Å². The maximum Gasteiger partial charge on any atom is 0.139 e. The second-order valence-electron chi connectivity index (χ2n) is 6.36. The lowest BCUT2D eigenvalue weighted by Crippen LogP contribution is -2.03. The number of hydrogen-bond acceptors (Lipinski definition) is 2. The number of rotatable bonds is 5. The van der Waals surface area contributed by atoms with Crippen LogP contribution in [0, 0.1) is 6.92 Å². The molecule has 0 aliphatic carbocycles. The average Bonchev–Trinajstić information content (AvgIpc) is 3.03. The Morgan fingerprint density at radius 1 is 0.923 bits per heavy atom. The molecule has 0 fully saturated rings. The smallest absolute Gasteiger partial charge is 0.139 e. The molecule has 0 saturated carbocycles. The molecular formula is C23H21N3. The van der Waals surface area contributed by atoms with Gasteiger partial charge in [-0.2, -0.15) is 0 Å². The monoisotopic (exact) mass is 339 g/mol. The van der Waals surface area contributed by atoms with Crippen LogP contribution >= 0.6 is 0 Å². The van der Waals surface area contributed by atoms with Gasteiger partial charge in [0.05, 0.1) is 0 Å². The molecule has 3 heteroatoms. The molecule has 26 heavy (non-hydrogen) atoms. The first-order valence-corrected chi connectivity index (χ1v) is 8.79. The maximum absolute atomic E-state index is 4.81. The molecular weight excluding hydrogens is 318 g/mol. The Bertz CT molecular complexity index is 1030. The molecule has 0 unspecified atom stereocenters. The highest BCUT2D eigenvalue weighted by Crippen LogP contribution is 2.22. The van der Waals surface area contributed by atoms with Crippen molar-refractivity contribution in [3.63, 3.8) is 0 Å². The molecule has 0 spiro atoms. The fourth-order valence-corrected chi connectivity index (χ4v) is 2.98. The molecule has 0 amide bonds. The van der Waals surface area contributed by atoms with Gasteiger partial charge < -0.3 is 5.32 Å². The van der Waals surface area contributed by atoms with Crippen LogP contribution < -0.4 is 5.32 Å². The van der Waals surface area contributed by atoms with Crippen molar-refractivity contribution in [1.82, 2.24) is 9.38 Å². The molecule has 0 bridgehead atoms. The van der Waals surface area contributed by atoms with Crippen LogP contribution in [0.2, 0.25) is 0 Å². The molecule has 0 aliphatic rings. The minimum Gasteiger partial charge on any atom is -0.365 e. The van der Waals surface area contributed by atoms with Crippen molar-refractivity contribution in [2.24, 2.45) is 0 Å². The zero-order valence-corrected chi connectivity index (χ0v) is 14.8. The SMILES string of the molecule is Cc1ccn2c(NCc3ccccc3)c(/C=C/c3ccccc3)nc2c1. The van der Waals surface area contributed by atoms with E-state index in [2.05, 4.69) is 83.5 Å². The van der Waals surface area contributed by atoms with Crippen molar-refractivity contribution in [3.8, 4) is 0 Å². The Morgan fingerprint density at radius 2 is 1.65 bits per heavy atom. The Morgan fingerprint density at radius 3 is 2.42 bits per heavy atom. The van der Waals surface area contributed by atoms with Crippen molar-refractivity contribution in [2.75, 3.05) is 5.32 Å². The standard InChI is InChI=1S/C23H21N3/c1-18-14-15-26-22(16-18)25-21(13-12-19-8-4-2-5-9-19)23(26)24-17-20-10-6-3-7-11-20/h2-16,24H,17H2,1H3/b13-12+. The van der Waals surface area contributed by atoms with Gasteiger partial charge in [0.1, 0.15) is 17.2 Å². The Labute approximate surface area is 153 Å². The van der Waals surface area contributed by atoms with Crippen molar-refractivity contribution in [3.05, 3.63) is 101 Å². The summed E-state index contributed by atoms with van der Waals surface area (Å²) in [7, 11) is 0. The number of pyridine rings is 1. The van der Waals surface area contributed by atoms with Crippen molar-refractivity contribution in [1.29, 1.82) is 0 Å². The molecule has 1 N–H and O–H groups in total. The van der Waals surface area contributed by atoms with Gasteiger partial charge in [-0.3, -0.25) is 4.40 Å². The van der Waals surface area contributed by atoms with E-state index in [1.165, 1.54) is 11.1 Å². The highest BCUT2D eigenvalue weighted by Gasteiger charge is 2.10. The van der Waals surface area contributed by atoms with Gasteiger partial charge in [0.15, 0.2) is 0 Å². The van der Waals surface area contributed by atoms with Gasteiger partial charge in [0, 0.05) is 12.7 Å². The molecule has 0 aliphatic heterocycles. The lowest BCUT2D eigenvalue weighted by molar-refractivity contribution is 1.08. The van der Waals surface area contributed by atoms with Crippen LogP contribution in [-0.4, -0.2) is 9.38 Å². The molecule has 2 aromatic heterocycles. The zero-order valence-electron chi connectivity index (χ0n) is 14.8. The quantitative estimate of drug-likeness (QED) is 0.526. The minimum atomic E-state index is 0.759. The van der Waals surface area contributed by atoms with Crippen LogP contribution in [0.5, 0.6) is 0 Å². The van der Waals surface area contributed by atoms with Crippen molar-refractivity contribution in [2.45, 2.75) is 13.5 Å². The fraction of sp³-hybridized carbons (Fsp3) is 0.0870. The molecule has 128 valence electrons. The lowest BCUT2D eigenvalue weighted by atomic mass is 10.2. The normalized spacial score (nSPS) is 11.3. The number of imidazole rings is 1. The van der Waals surface area contributed by atoms with Gasteiger partial charge in [0.25, 0.3) is 0 Å². The van der Waals surface area contributed by atoms with Crippen molar-refractivity contribution < 1.29 is 0 Å². The first kappa shape index (κ1) is 16.2. The molecule has 4 aromatic rings. The van der Waals surface area contributed by atoms with Crippen LogP contribution in [-0.2, 0) is 6.54 Å². The fourth-order valence-electron chi connectivity index (χ4n) is 2.98. The van der Waals surface area contributed by atoms with E-state index in [1.54, 1.807) is 0 Å². The summed E-state index contributed by atoms with van der Waals surface area (Å²) < 4.78 is 2.11. The summed E-state index contributed by atoms with van der Waals surface area (Å²) in [5.74, 6) is 1.01. The van der Waals surface area contributed by atoms with E-state index >= 15 is 0 Å². The third-order valence-electron chi connectivity index (χ3n) is 4.34. The van der Waals surface area contributed by atoms with E-state index in [1.807, 2.05) is 24.3 Å². The molecule has 0 saturated heterocycles. The zero-order chi connectivity index (χ0) is 17.8. The topological polar surface area (TPSA) is 29.3 Å². The van der Waals surface area contributed by atoms with Crippen LogP contribution in [0.1, 0.15) is 22.4 Å². The number of aryl methyl sites for hydroxylation is 1. The van der Waals surface area contributed by atoms with Crippen molar-refractivity contribution >= 4 is 23.6 Å². The van der Waals surface area contributed by atoms with E-state index < -0.39 is 0 Å². The van der Waals surface area contributed by atoms with E-state index in [9.17, 15) is 0 Å². The number of aromatic nitrogens is 2. The second-order valence-corrected chi connectivity index (χ2v) is 6.36. The molecule has 3 nitrogen and oxygen atoms in total. The summed E-state index contributed by atoms with van der Waals surface area (Å²) >= 11 is 0. The summed E-state index contributed by atoms with van der Waals surface area (Å²) in [6.45, 7) is 2.85. The van der Waals surface area contributed by atoms with E-state index in [0.717, 1.165) is 29.3 Å². The van der Waals surface area contributed by atoms with Gasteiger partial charge >= 0.3 is 0 Å². The summed E-state index contributed by atoms with van der Waals surface area (Å²) in [6, 6.07) is 24.9. The van der Waals surface area contributed by atoms with Gasteiger partial charge in [-0.05, 0) is 41.8 Å². The van der Waals surface area contributed by atoms with Gasteiger partial charge in [-0.15, -0.1) is 0 Å². The number of anilines is 1. The highest BCUT2D eigenvalue weighted by molar-refractivity contribution is 5.76. The largest absolute Gasteiger partial charge is 0.365 e. The average molecular weight is 339 g/mol. The predicted octanol–water partition coefficient (Wildman–Crippen LogP) is 5.43.